The number of ether oxygens (including phenoxy) is 1. The molecule has 1 aromatic rings. The number of hydrogen-bond donors (Lipinski definition) is 2. The zero-order valence-electron chi connectivity index (χ0n) is 17.7. The van der Waals surface area contributed by atoms with Crippen LogP contribution in [0.3, 0.4) is 0 Å². The van der Waals surface area contributed by atoms with Crippen molar-refractivity contribution in [1.29, 1.82) is 0 Å². The van der Waals surface area contributed by atoms with Crippen LogP contribution in [0.1, 0.15) is 51.9 Å². The second-order valence-electron chi connectivity index (χ2n) is 9.18. The fraction of sp³-hybridized carbons (Fsp3) is 0.600. The Morgan fingerprint density at radius 2 is 1.59 bits per heavy atom. The molecule has 0 aliphatic carbocycles. The number of carboxylic acid groups (broad SMARTS) is 1. The molecule has 152 valence electrons. The van der Waals surface area contributed by atoms with Gasteiger partial charge in [-0.25, -0.2) is 4.79 Å². The first-order valence-electron chi connectivity index (χ1n) is 9.09. The van der Waals surface area contributed by atoms with Crippen molar-refractivity contribution in [2.24, 2.45) is 0 Å². The van der Waals surface area contributed by atoms with Crippen molar-refractivity contribution in [2.75, 3.05) is 6.61 Å². The van der Waals surface area contributed by atoms with E-state index in [1.54, 1.807) is 24.3 Å². The first-order chi connectivity index (χ1) is 12.1. The third-order valence-corrected chi connectivity index (χ3v) is 8.97. The highest BCUT2D eigenvalue weighted by Crippen LogP contribution is 2.37. The topological polar surface area (TPSA) is 84.9 Å². The minimum Gasteiger partial charge on any atom is -0.544 e. The quantitative estimate of drug-likeness (QED) is 0.516. The van der Waals surface area contributed by atoms with Crippen LogP contribution in [-0.4, -0.2) is 43.6 Å². The summed E-state index contributed by atoms with van der Waals surface area (Å²) in [5.41, 5.74) is -0.0617. The van der Waals surface area contributed by atoms with E-state index in [-0.39, 0.29) is 17.4 Å². The van der Waals surface area contributed by atoms with Gasteiger partial charge in [-0.05, 0) is 63.2 Å². The molecule has 0 bridgehead atoms. The van der Waals surface area contributed by atoms with Gasteiger partial charge in [0.25, 0.3) is 0 Å². The number of hydrogen-bond acceptors (Lipinski definition) is 4. The van der Waals surface area contributed by atoms with Gasteiger partial charge in [-0.1, -0.05) is 20.8 Å². The Bertz CT molecular complexity index is 656. The minimum atomic E-state index is -1.96. The largest absolute Gasteiger partial charge is 0.544 e. The van der Waals surface area contributed by atoms with Crippen LogP contribution >= 0.6 is 0 Å². The van der Waals surface area contributed by atoms with Crippen molar-refractivity contribution in [1.82, 2.24) is 5.32 Å². The Balaban J connectivity index is 2.93. The molecular weight excluding hydrogens is 362 g/mol. The van der Waals surface area contributed by atoms with Crippen molar-refractivity contribution in [2.45, 2.75) is 71.3 Å². The zero-order valence-corrected chi connectivity index (χ0v) is 18.7. The van der Waals surface area contributed by atoms with Gasteiger partial charge in [0.05, 0.1) is 12.2 Å². The maximum Gasteiger partial charge on any atom is 0.405 e. The number of carbonyl (C=O) groups excluding carboxylic acids is 1. The molecule has 1 atom stereocenters. The van der Waals surface area contributed by atoms with E-state index in [1.807, 2.05) is 20.8 Å². The third kappa shape index (κ3) is 7.34. The Morgan fingerprint density at radius 1 is 1.07 bits per heavy atom. The molecule has 0 spiro atoms. The van der Waals surface area contributed by atoms with E-state index in [4.69, 9.17) is 14.3 Å². The van der Waals surface area contributed by atoms with Gasteiger partial charge in [0.15, 0.2) is 5.78 Å². The molecule has 0 saturated heterocycles. The second-order valence-corrected chi connectivity index (χ2v) is 13.9. The molecule has 7 heteroatoms. The highest BCUT2D eigenvalue weighted by atomic mass is 28.4. The number of nitrogens with one attached hydrogen (secondary N) is 1. The van der Waals surface area contributed by atoms with Crippen LogP contribution in [0.5, 0.6) is 5.75 Å². The van der Waals surface area contributed by atoms with Crippen LogP contribution < -0.4 is 9.74 Å². The van der Waals surface area contributed by atoms with Gasteiger partial charge >= 0.3 is 6.09 Å². The van der Waals surface area contributed by atoms with E-state index in [1.165, 1.54) is 0 Å². The molecule has 27 heavy (non-hydrogen) atoms. The maximum absolute atomic E-state index is 12.7. The standard InChI is InChI=1S/C20H33NO5Si/c1-19(2,3)25-13-16(21-18(23)24)17(22)14-9-11-15(12-10-14)26-27(7,8)20(4,5)6/h9-12,16,21H,13H2,1-8H3,(H,23,24)/t16-/m0/s1. The van der Waals surface area contributed by atoms with E-state index in [0.29, 0.717) is 11.3 Å². The fourth-order valence-electron chi connectivity index (χ4n) is 2.00. The van der Waals surface area contributed by atoms with Crippen molar-refractivity contribution in [3.05, 3.63) is 29.8 Å². The molecule has 0 unspecified atom stereocenters. The van der Waals surface area contributed by atoms with Crippen LogP contribution in [-0.2, 0) is 4.74 Å². The highest BCUT2D eigenvalue weighted by Gasteiger charge is 2.39. The van der Waals surface area contributed by atoms with Gasteiger partial charge in [-0.3, -0.25) is 4.79 Å². The van der Waals surface area contributed by atoms with Gasteiger partial charge in [0.1, 0.15) is 11.8 Å². The summed E-state index contributed by atoms with van der Waals surface area (Å²) < 4.78 is 11.8. The molecule has 0 aromatic heterocycles. The summed E-state index contributed by atoms with van der Waals surface area (Å²) in [5.74, 6) is 0.382. The van der Waals surface area contributed by atoms with Crippen molar-refractivity contribution < 1.29 is 23.9 Å². The molecule has 1 aromatic carbocycles. The predicted octanol–water partition coefficient (Wildman–Crippen LogP) is 4.70. The van der Waals surface area contributed by atoms with Crippen molar-refractivity contribution in [3.63, 3.8) is 0 Å². The Kier molecular flexibility index (Phi) is 7.24. The molecule has 0 aliphatic heterocycles. The first kappa shape index (κ1) is 23.2. The molecule has 1 rings (SSSR count). The van der Waals surface area contributed by atoms with Crippen LogP contribution in [0.25, 0.3) is 0 Å². The summed E-state index contributed by atoms with van der Waals surface area (Å²) in [6.07, 6.45) is -1.26. The lowest BCUT2D eigenvalue weighted by atomic mass is 10.0. The molecular formula is C20H33NO5Si. The average Bonchev–Trinajstić information content (AvgIpc) is 2.49. The van der Waals surface area contributed by atoms with Gasteiger partial charge in [0.2, 0.25) is 8.32 Å². The number of rotatable bonds is 7. The van der Waals surface area contributed by atoms with Gasteiger partial charge in [-0.2, -0.15) is 0 Å². The summed E-state index contributed by atoms with van der Waals surface area (Å²) in [6.45, 7) is 16.3. The van der Waals surface area contributed by atoms with Crippen LogP contribution in [0.2, 0.25) is 18.1 Å². The van der Waals surface area contributed by atoms with Crippen LogP contribution in [0.15, 0.2) is 24.3 Å². The maximum atomic E-state index is 12.7. The van der Waals surface area contributed by atoms with Crippen molar-refractivity contribution in [3.8, 4) is 5.75 Å². The Labute approximate surface area is 163 Å². The summed E-state index contributed by atoms with van der Waals surface area (Å²) >= 11 is 0. The molecule has 0 heterocycles. The van der Waals surface area contributed by atoms with Crippen LogP contribution in [0.4, 0.5) is 4.79 Å². The number of amides is 1. The summed E-state index contributed by atoms with van der Waals surface area (Å²) in [4.78, 5) is 23.8. The summed E-state index contributed by atoms with van der Waals surface area (Å²) in [5, 5.41) is 11.3. The smallest absolute Gasteiger partial charge is 0.405 e. The molecule has 0 fully saturated rings. The first-order valence-corrected chi connectivity index (χ1v) is 12.0. The SMILES string of the molecule is CC(C)(C)OC[C@H](NC(=O)O)C(=O)c1ccc(O[Si](C)(C)C(C)(C)C)cc1. The van der Waals surface area contributed by atoms with Gasteiger partial charge < -0.3 is 19.6 Å². The average molecular weight is 396 g/mol. The molecule has 0 radical (unpaired) electrons. The third-order valence-electron chi connectivity index (χ3n) is 4.62. The van der Waals surface area contributed by atoms with Gasteiger partial charge in [-0.15, -0.1) is 0 Å². The van der Waals surface area contributed by atoms with E-state index >= 15 is 0 Å². The van der Waals surface area contributed by atoms with E-state index in [0.717, 1.165) is 0 Å². The van der Waals surface area contributed by atoms with Crippen LogP contribution in [0, 0.1) is 0 Å². The van der Waals surface area contributed by atoms with E-state index in [9.17, 15) is 9.59 Å². The van der Waals surface area contributed by atoms with Crippen molar-refractivity contribution >= 4 is 20.2 Å². The molecule has 2 N–H and O–H groups in total. The molecule has 6 nitrogen and oxygen atoms in total. The van der Waals surface area contributed by atoms with E-state index < -0.39 is 26.1 Å². The number of Topliss-reactive ketones (excluding diaryl/α,β-unsaturated/α-hetero) is 1. The molecule has 1 amide bonds. The number of carbonyl (C=O) groups is 2. The summed E-state index contributed by atoms with van der Waals surface area (Å²) in [6, 6.07) is 5.89. The highest BCUT2D eigenvalue weighted by molar-refractivity contribution is 6.74. The van der Waals surface area contributed by atoms with E-state index in [2.05, 4.69) is 39.2 Å². The number of ketones is 1. The fourth-order valence-corrected chi connectivity index (χ4v) is 3.03. The molecule has 0 aliphatic rings. The minimum absolute atomic E-state index is 0.0309. The van der Waals surface area contributed by atoms with Gasteiger partial charge in [0, 0.05) is 5.56 Å². The summed E-state index contributed by atoms with van der Waals surface area (Å²) in [7, 11) is -1.96. The lowest BCUT2D eigenvalue weighted by molar-refractivity contribution is -0.0113. The predicted molar refractivity (Wildman–Crippen MR) is 109 cm³/mol. The Hall–Kier alpha value is -1.86. The zero-order chi connectivity index (χ0) is 21.0. The normalized spacial score (nSPS) is 13.8. The molecule has 0 saturated carbocycles. The number of benzene rings is 1. The lowest BCUT2D eigenvalue weighted by Gasteiger charge is -2.36. The second kappa shape index (κ2) is 8.44. The lowest BCUT2D eigenvalue weighted by Crippen LogP contribution is -2.45. The monoisotopic (exact) mass is 395 g/mol. The Morgan fingerprint density at radius 3 is 2.00 bits per heavy atom.